The summed E-state index contributed by atoms with van der Waals surface area (Å²) in [7, 11) is 0. The van der Waals surface area contributed by atoms with Gasteiger partial charge in [0, 0.05) is 38.3 Å². The molecule has 160 valence electrons. The van der Waals surface area contributed by atoms with E-state index in [2.05, 4.69) is 0 Å². The number of rotatable bonds is 4. The van der Waals surface area contributed by atoms with Crippen molar-refractivity contribution in [3.63, 3.8) is 0 Å². The molecular formula is C20H18N4O7. The molecule has 0 radical (unpaired) electrons. The lowest BCUT2D eigenvalue weighted by Gasteiger charge is -2.23. The summed E-state index contributed by atoms with van der Waals surface area (Å²) < 4.78 is 5.13. The van der Waals surface area contributed by atoms with E-state index < -0.39 is 29.2 Å². The summed E-state index contributed by atoms with van der Waals surface area (Å²) >= 11 is 0. The summed E-state index contributed by atoms with van der Waals surface area (Å²) in [4.78, 5) is 64.5. The van der Waals surface area contributed by atoms with Crippen LogP contribution >= 0.6 is 0 Å². The number of nitro groups is 1. The Bertz CT molecular complexity index is 1080. The van der Waals surface area contributed by atoms with Crippen molar-refractivity contribution in [1.82, 2.24) is 14.7 Å². The topological polar surface area (TPSA) is 134 Å². The standard InChI is InChI=1S/C20H18N4O7/c25-17(21-6-2-7-22(9-8-21)20(28)16-3-1-10-31-16)12-23-18(26)14-5-4-13(24(29)30)11-15(14)19(23)27/h1,3-5,10-11H,2,6-9,12H2. The molecule has 0 N–H and O–H groups in total. The molecule has 2 aliphatic heterocycles. The molecule has 11 heteroatoms. The average Bonchev–Trinajstić information content (AvgIpc) is 3.28. The molecule has 31 heavy (non-hydrogen) atoms. The van der Waals surface area contributed by atoms with Crippen molar-refractivity contribution in [2.45, 2.75) is 6.42 Å². The van der Waals surface area contributed by atoms with E-state index in [9.17, 15) is 29.3 Å². The molecule has 0 saturated carbocycles. The van der Waals surface area contributed by atoms with Gasteiger partial charge < -0.3 is 14.2 Å². The second-order valence-electron chi connectivity index (χ2n) is 7.19. The Balaban J connectivity index is 1.41. The van der Waals surface area contributed by atoms with E-state index in [1.165, 1.54) is 17.2 Å². The molecule has 0 bridgehead atoms. The van der Waals surface area contributed by atoms with Gasteiger partial charge in [0.05, 0.1) is 22.3 Å². The maximum Gasteiger partial charge on any atom is 0.289 e. The lowest BCUT2D eigenvalue weighted by atomic mass is 10.1. The smallest absolute Gasteiger partial charge is 0.289 e. The number of nitro benzene ring substituents is 1. The molecule has 0 atom stereocenters. The van der Waals surface area contributed by atoms with Gasteiger partial charge in [-0.2, -0.15) is 0 Å². The highest BCUT2D eigenvalue weighted by Gasteiger charge is 2.38. The summed E-state index contributed by atoms with van der Waals surface area (Å²) in [5, 5.41) is 10.9. The fraction of sp³-hybridized carbons (Fsp3) is 0.300. The molecule has 1 fully saturated rings. The largest absolute Gasteiger partial charge is 0.459 e. The highest BCUT2D eigenvalue weighted by molar-refractivity contribution is 6.22. The van der Waals surface area contributed by atoms with Crippen molar-refractivity contribution in [2.75, 3.05) is 32.7 Å². The summed E-state index contributed by atoms with van der Waals surface area (Å²) in [6.07, 6.45) is 1.95. The summed E-state index contributed by atoms with van der Waals surface area (Å²) in [6.45, 7) is 0.890. The minimum absolute atomic E-state index is 0.0366. The number of carbonyl (C=O) groups is 4. The van der Waals surface area contributed by atoms with Crippen molar-refractivity contribution in [3.8, 4) is 0 Å². The van der Waals surface area contributed by atoms with Crippen molar-refractivity contribution in [1.29, 1.82) is 0 Å². The van der Waals surface area contributed by atoms with Gasteiger partial charge >= 0.3 is 0 Å². The lowest BCUT2D eigenvalue weighted by molar-refractivity contribution is -0.384. The highest BCUT2D eigenvalue weighted by Crippen LogP contribution is 2.26. The minimum atomic E-state index is -0.735. The summed E-state index contributed by atoms with van der Waals surface area (Å²) in [5.74, 6) is -1.87. The molecule has 1 saturated heterocycles. The Labute approximate surface area is 175 Å². The van der Waals surface area contributed by atoms with Crippen LogP contribution in [0.3, 0.4) is 0 Å². The zero-order valence-corrected chi connectivity index (χ0v) is 16.4. The molecule has 2 aliphatic rings. The monoisotopic (exact) mass is 426 g/mol. The number of hydrogen-bond donors (Lipinski definition) is 0. The third-order valence-corrected chi connectivity index (χ3v) is 5.33. The highest BCUT2D eigenvalue weighted by atomic mass is 16.6. The predicted octanol–water partition coefficient (Wildman–Crippen LogP) is 1.16. The zero-order valence-electron chi connectivity index (χ0n) is 16.4. The molecule has 11 nitrogen and oxygen atoms in total. The van der Waals surface area contributed by atoms with E-state index in [4.69, 9.17) is 4.42 Å². The van der Waals surface area contributed by atoms with Gasteiger partial charge in [0.1, 0.15) is 6.54 Å². The molecule has 2 aromatic rings. The lowest BCUT2D eigenvalue weighted by Crippen LogP contribution is -2.44. The molecule has 0 aliphatic carbocycles. The first kappa shape index (κ1) is 20.3. The zero-order chi connectivity index (χ0) is 22.1. The first-order valence-electron chi connectivity index (χ1n) is 9.62. The van der Waals surface area contributed by atoms with Crippen LogP contribution in [-0.4, -0.2) is 76.0 Å². The van der Waals surface area contributed by atoms with Gasteiger partial charge in [0.2, 0.25) is 5.91 Å². The summed E-state index contributed by atoms with van der Waals surface area (Å²) in [6, 6.07) is 6.61. The van der Waals surface area contributed by atoms with Gasteiger partial charge in [-0.05, 0) is 24.6 Å². The van der Waals surface area contributed by atoms with Gasteiger partial charge in [-0.25, -0.2) is 0 Å². The first-order valence-corrected chi connectivity index (χ1v) is 9.62. The van der Waals surface area contributed by atoms with Gasteiger partial charge in [-0.3, -0.25) is 34.2 Å². The van der Waals surface area contributed by atoms with Crippen LogP contribution in [0.2, 0.25) is 0 Å². The van der Waals surface area contributed by atoms with Crippen LogP contribution in [0.15, 0.2) is 41.0 Å². The number of nitrogens with zero attached hydrogens (tertiary/aromatic N) is 4. The minimum Gasteiger partial charge on any atom is -0.459 e. The number of non-ortho nitro benzene ring substituents is 1. The Morgan fingerprint density at radius 2 is 1.71 bits per heavy atom. The summed E-state index contributed by atoms with van der Waals surface area (Å²) in [5.41, 5.74) is -0.352. The molecular weight excluding hydrogens is 408 g/mol. The van der Waals surface area contributed by atoms with E-state index in [0.29, 0.717) is 26.1 Å². The van der Waals surface area contributed by atoms with Gasteiger partial charge in [-0.15, -0.1) is 0 Å². The maximum absolute atomic E-state index is 12.8. The van der Waals surface area contributed by atoms with Crippen LogP contribution < -0.4 is 0 Å². The van der Waals surface area contributed by atoms with E-state index in [1.807, 2.05) is 0 Å². The number of furan rings is 1. The van der Waals surface area contributed by atoms with Crippen LogP contribution in [-0.2, 0) is 4.79 Å². The Kier molecular flexibility index (Phi) is 5.24. The predicted molar refractivity (Wildman–Crippen MR) is 104 cm³/mol. The van der Waals surface area contributed by atoms with Crippen molar-refractivity contribution < 1.29 is 28.5 Å². The van der Waals surface area contributed by atoms with Crippen molar-refractivity contribution in [3.05, 3.63) is 63.6 Å². The van der Waals surface area contributed by atoms with Crippen LogP contribution in [0.1, 0.15) is 37.7 Å². The van der Waals surface area contributed by atoms with E-state index in [1.54, 1.807) is 17.0 Å². The fourth-order valence-electron chi connectivity index (χ4n) is 3.70. The molecule has 0 unspecified atom stereocenters. The Morgan fingerprint density at radius 3 is 2.42 bits per heavy atom. The van der Waals surface area contributed by atoms with Crippen LogP contribution in [0.4, 0.5) is 5.69 Å². The normalized spacial score (nSPS) is 16.3. The van der Waals surface area contributed by atoms with Crippen LogP contribution in [0.25, 0.3) is 0 Å². The van der Waals surface area contributed by atoms with Crippen LogP contribution in [0.5, 0.6) is 0 Å². The van der Waals surface area contributed by atoms with Crippen molar-refractivity contribution >= 4 is 29.3 Å². The number of hydrogen-bond acceptors (Lipinski definition) is 7. The molecule has 3 heterocycles. The van der Waals surface area contributed by atoms with E-state index in [0.717, 1.165) is 17.0 Å². The molecule has 0 spiro atoms. The van der Waals surface area contributed by atoms with Gasteiger partial charge in [0.25, 0.3) is 23.4 Å². The quantitative estimate of drug-likeness (QED) is 0.407. The second-order valence-corrected chi connectivity index (χ2v) is 7.19. The number of amides is 4. The van der Waals surface area contributed by atoms with Crippen LogP contribution in [0, 0.1) is 10.1 Å². The van der Waals surface area contributed by atoms with Crippen molar-refractivity contribution in [2.24, 2.45) is 0 Å². The maximum atomic E-state index is 12.8. The SMILES string of the molecule is O=C(CN1C(=O)c2ccc([N+](=O)[O-])cc2C1=O)N1CCCN(C(=O)c2ccco2)CC1. The third-order valence-electron chi connectivity index (χ3n) is 5.33. The Morgan fingerprint density at radius 1 is 1.00 bits per heavy atom. The van der Waals surface area contributed by atoms with Gasteiger partial charge in [0.15, 0.2) is 5.76 Å². The fourth-order valence-corrected chi connectivity index (χ4v) is 3.70. The molecule has 1 aromatic carbocycles. The van der Waals surface area contributed by atoms with Gasteiger partial charge in [-0.1, -0.05) is 0 Å². The number of imide groups is 1. The number of carbonyl (C=O) groups excluding carboxylic acids is 4. The van der Waals surface area contributed by atoms with E-state index >= 15 is 0 Å². The third kappa shape index (κ3) is 3.77. The molecule has 4 amide bonds. The van der Waals surface area contributed by atoms with E-state index in [-0.39, 0.29) is 35.0 Å². The molecule has 1 aromatic heterocycles. The number of fused-ring (bicyclic) bond motifs is 1. The molecule has 4 rings (SSSR count). The average molecular weight is 426 g/mol. The Hall–Kier alpha value is -4.02. The second kappa shape index (κ2) is 8.01. The first-order chi connectivity index (χ1) is 14.9. The number of benzene rings is 1.